The van der Waals surface area contributed by atoms with Crippen LogP contribution in [0.25, 0.3) is 22.4 Å². The summed E-state index contributed by atoms with van der Waals surface area (Å²) in [4.78, 5) is 48.9. The molecule has 0 unspecified atom stereocenters. The van der Waals surface area contributed by atoms with Gasteiger partial charge in [-0.05, 0) is 67.0 Å². The number of hydrogen-bond donors (Lipinski definition) is 1. The van der Waals surface area contributed by atoms with Gasteiger partial charge in [0.15, 0.2) is 5.13 Å². The summed E-state index contributed by atoms with van der Waals surface area (Å²) in [6.45, 7) is 0.0505. The number of halogens is 2. The van der Waals surface area contributed by atoms with Crippen molar-refractivity contribution in [2.24, 2.45) is 11.8 Å². The Hall–Kier alpha value is -3.97. The predicted molar refractivity (Wildman–Crippen MR) is 156 cm³/mol. The number of nitrogens with zero attached hydrogens (tertiary/aromatic N) is 4. The maximum absolute atomic E-state index is 15.6. The molecular formula is C30H32F2N4O6S. The minimum absolute atomic E-state index is 0.0322. The van der Waals surface area contributed by atoms with Crippen molar-refractivity contribution < 1.29 is 37.7 Å². The summed E-state index contributed by atoms with van der Waals surface area (Å²) >= 11 is 0.660. The van der Waals surface area contributed by atoms with Crippen LogP contribution in [0.5, 0.6) is 5.75 Å². The summed E-state index contributed by atoms with van der Waals surface area (Å²) in [5.41, 5.74) is 2.28. The molecule has 1 atom stereocenters. The first kappa shape index (κ1) is 30.5. The first-order valence-corrected chi connectivity index (χ1v) is 14.8. The number of rotatable bonds is 10. The number of aromatic nitrogens is 2. The Morgan fingerprint density at radius 2 is 2.00 bits per heavy atom. The van der Waals surface area contributed by atoms with E-state index in [2.05, 4.69) is 9.97 Å². The summed E-state index contributed by atoms with van der Waals surface area (Å²) in [6, 6.07) is 6.58. The number of thiazole rings is 1. The topological polar surface area (TPSA) is 122 Å². The first-order valence-electron chi connectivity index (χ1n) is 14.0. The van der Waals surface area contributed by atoms with Gasteiger partial charge in [-0.3, -0.25) is 24.2 Å². The Morgan fingerprint density at radius 3 is 2.72 bits per heavy atom. The lowest BCUT2D eigenvalue weighted by Crippen LogP contribution is -2.35. The minimum atomic E-state index is -1.09. The lowest BCUT2D eigenvalue weighted by molar-refractivity contribution is -0.141. The third-order valence-electron chi connectivity index (χ3n) is 7.94. The third kappa shape index (κ3) is 6.67. The third-order valence-corrected chi connectivity index (χ3v) is 8.86. The van der Waals surface area contributed by atoms with Crippen LogP contribution in [0.3, 0.4) is 0 Å². The summed E-state index contributed by atoms with van der Waals surface area (Å²) < 4.78 is 39.1. The van der Waals surface area contributed by atoms with E-state index in [1.54, 1.807) is 25.4 Å². The van der Waals surface area contributed by atoms with Gasteiger partial charge in [0.25, 0.3) is 0 Å². The highest BCUT2D eigenvalue weighted by Gasteiger charge is 2.31. The van der Waals surface area contributed by atoms with Crippen molar-refractivity contribution in [3.05, 3.63) is 41.2 Å². The van der Waals surface area contributed by atoms with Crippen LogP contribution in [-0.4, -0.2) is 67.0 Å². The Bertz CT molecular complexity index is 1530. The van der Waals surface area contributed by atoms with E-state index in [-0.39, 0.29) is 34.8 Å². The van der Waals surface area contributed by atoms with Gasteiger partial charge in [-0.2, -0.15) is 4.39 Å². The summed E-state index contributed by atoms with van der Waals surface area (Å²) in [7, 11) is 3.12. The van der Waals surface area contributed by atoms with E-state index >= 15 is 4.39 Å². The maximum Gasteiger partial charge on any atom is 0.304 e. The van der Waals surface area contributed by atoms with Gasteiger partial charge in [0.05, 0.1) is 6.42 Å². The summed E-state index contributed by atoms with van der Waals surface area (Å²) in [6.07, 6.45) is 3.95. The normalized spacial score (nSPS) is 16.1. The van der Waals surface area contributed by atoms with Gasteiger partial charge in [-0.15, -0.1) is 0 Å². The zero-order valence-electron chi connectivity index (χ0n) is 23.8. The highest BCUT2D eigenvalue weighted by molar-refractivity contribution is 7.14. The fraction of sp³-hybridized carbons (Fsp3) is 0.433. The van der Waals surface area contributed by atoms with Crippen LogP contribution >= 0.6 is 11.3 Å². The quantitative estimate of drug-likeness (QED) is 0.335. The van der Waals surface area contributed by atoms with Gasteiger partial charge in [0.1, 0.15) is 17.3 Å². The van der Waals surface area contributed by atoms with Crippen LogP contribution in [0.1, 0.15) is 37.7 Å². The zero-order chi connectivity index (χ0) is 30.7. The van der Waals surface area contributed by atoms with Gasteiger partial charge in [0.2, 0.25) is 23.8 Å². The molecule has 0 saturated carbocycles. The fourth-order valence-corrected chi connectivity index (χ4v) is 6.40. The second kappa shape index (κ2) is 13.1. The molecule has 0 radical (unpaired) electrons. The number of hydrogen-bond acceptors (Lipinski definition) is 8. The van der Waals surface area contributed by atoms with Gasteiger partial charge >= 0.3 is 5.97 Å². The number of amides is 2. The van der Waals surface area contributed by atoms with Gasteiger partial charge in [0, 0.05) is 57.0 Å². The number of pyridine rings is 1. The number of alkyl halides is 1. The lowest BCUT2D eigenvalue weighted by Gasteiger charge is -2.27. The highest BCUT2D eigenvalue weighted by atomic mass is 32.1. The molecule has 0 aliphatic carbocycles. The van der Waals surface area contributed by atoms with Crippen molar-refractivity contribution in [3.8, 4) is 28.1 Å². The number of ether oxygens (including phenoxy) is 2. The van der Waals surface area contributed by atoms with Crippen LogP contribution in [0.4, 0.5) is 19.7 Å². The van der Waals surface area contributed by atoms with E-state index in [1.165, 1.54) is 22.9 Å². The average molecular weight is 615 g/mol. The van der Waals surface area contributed by atoms with Crippen molar-refractivity contribution in [1.82, 2.24) is 9.97 Å². The molecule has 1 saturated heterocycles. The Balaban J connectivity index is 1.48. The van der Waals surface area contributed by atoms with Crippen molar-refractivity contribution in [3.63, 3.8) is 0 Å². The lowest BCUT2D eigenvalue weighted by atomic mass is 9.86. The Kier molecular flexibility index (Phi) is 9.31. The van der Waals surface area contributed by atoms with Crippen molar-refractivity contribution in [2.75, 3.05) is 44.0 Å². The van der Waals surface area contributed by atoms with Gasteiger partial charge in [-0.25, -0.2) is 14.4 Å². The number of anilines is 2. The van der Waals surface area contributed by atoms with E-state index < -0.39 is 29.8 Å². The molecule has 0 spiro atoms. The van der Waals surface area contributed by atoms with E-state index in [0.717, 1.165) is 18.4 Å². The van der Waals surface area contributed by atoms with Crippen molar-refractivity contribution >= 4 is 40.1 Å². The number of carbonyl (C=O) groups is 3. The summed E-state index contributed by atoms with van der Waals surface area (Å²) in [5.74, 6) is -1.51. The molecule has 4 heterocycles. The van der Waals surface area contributed by atoms with Crippen LogP contribution in [0.15, 0.2) is 30.5 Å². The predicted octanol–water partition coefficient (Wildman–Crippen LogP) is 5.10. The zero-order valence-corrected chi connectivity index (χ0v) is 24.7. The molecule has 43 heavy (non-hydrogen) atoms. The minimum Gasteiger partial charge on any atom is -0.481 e. The monoisotopic (exact) mass is 614 g/mol. The molecule has 5 rings (SSSR count). The fourth-order valence-electron chi connectivity index (χ4n) is 5.62. The molecule has 3 aromatic rings. The molecule has 10 nitrogen and oxygen atoms in total. The molecule has 2 aliphatic rings. The molecule has 2 aliphatic heterocycles. The first-order chi connectivity index (χ1) is 20.7. The molecule has 1 N–H and O–H groups in total. The van der Waals surface area contributed by atoms with Crippen LogP contribution in [0.2, 0.25) is 0 Å². The molecule has 228 valence electrons. The number of aliphatic carboxylic acids is 1. The maximum atomic E-state index is 15.6. The molecule has 1 aromatic carbocycles. The molecule has 0 bridgehead atoms. The smallest absolute Gasteiger partial charge is 0.304 e. The van der Waals surface area contributed by atoms with Crippen molar-refractivity contribution in [1.29, 1.82) is 0 Å². The van der Waals surface area contributed by atoms with Crippen LogP contribution in [-0.2, 0) is 25.5 Å². The molecule has 2 amide bonds. The highest BCUT2D eigenvalue weighted by Crippen LogP contribution is 2.41. The molecule has 13 heteroatoms. The Labute approximate surface area is 251 Å². The largest absolute Gasteiger partial charge is 0.481 e. The van der Waals surface area contributed by atoms with Crippen LogP contribution < -0.4 is 14.5 Å². The molecule has 2 aromatic heterocycles. The molecule has 1 fully saturated rings. The summed E-state index contributed by atoms with van der Waals surface area (Å²) in [5, 5.41) is 8.87. The van der Waals surface area contributed by atoms with Crippen molar-refractivity contribution in [2.45, 2.75) is 38.5 Å². The number of aryl methyl sites for hydroxylation is 1. The average Bonchev–Trinajstić information content (AvgIpc) is 3.39. The second-order valence-electron chi connectivity index (χ2n) is 10.7. The second-order valence-corrected chi connectivity index (χ2v) is 11.7. The van der Waals surface area contributed by atoms with Crippen LogP contribution in [0, 0.1) is 17.0 Å². The van der Waals surface area contributed by atoms with E-state index in [9.17, 15) is 23.9 Å². The van der Waals surface area contributed by atoms with E-state index in [1.807, 2.05) is 6.07 Å². The number of carboxylic acid groups (broad SMARTS) is 1. The number of benzene rings is 1. The number of carbonyl (C=O) groups excluding carboxylic acids is 2. The van der Waals surface area contributed by atoms with Gasteiger partial charge < -0.3 is 14.6 Å². The standard InChI is InChI=1S/C30H32F2N4O6S/c1-35-24(37)6-3-18-12-20(15-33-28(18)35)22-5-4-21(42-16-31)14-23(22)26-27(32)43-30(34-26)36(2)29(40)19(13-25(38)39)11-17-7-9-41-10-8-17/h4-5,12,14-15,17,19H,3,6-11,13,16H2,1-2H3,(H,38,39)/t19-/m1/s1. The Morgan fingerprint density at radius 1 is 1.23 bits per heavy atom. The number of carboxylic acids is 1. The molecular weight excluding hydrogens is 582 g/mol. The number of fused-ring (bicyclic) bond motifs is 1. The SMILES string of the molecule is CN(C(=O)[C@@H](CC(=O)O)CC1CCOCC1)c1nc(-c2cc(OCF)ccc2-c2cnc3c(c2)CCC(=O)N3C)c(F)s1. The van der Waals surface area contributed by atoms with Gasteiger partial charge in [-0.1, -0.05) is 11.3 Å². The van der Waals surface area contributed by atoms with E-state index in [0.29, 0.717) is 66.3 Å². The van der Waals surface area contributed by atoms with E-state index in [4.69, 9.17) is 9.47 Å².